The Morgan fingerprint density at radius 1 is 1.37 bits per heavy atom. The highest BCUT2D eigenvalue weighted by Gasteiger charge is 2.05. The zero-order chi connectivity index (χ0) is 13.7. The van der Waals surface area contributed by atoms with Gasteiger partial charge < -0.3 is 5.32 Å². The van der Waals surface area contributed by atoms with Crippen LogP contribution in [0.4, 0.5) is 5.69 Å². The minimum absolute atomic E-state index is 0.0993. The fraction of sp³-hybridized carbons (Fsp3) is 0.154. The number of non-ortho nitro benzene ring substituents is 1. The lowest BCUT2D eigenvalue weighted by Gasteiger charge is -2.03. The molecule has 0 unspecified atom stereocenters. The second-order valence-corrected chi connectivity index (χ2v) is 4.94. The van der Waals surface area contributed by atoms with Crippen LogP contribution in [-0.2, 0) is 13.1 Å². The van der Waals surface area contributed by atoms with E-state index in [-0.39, 0.29) is 5.69 Å². The first-order valence-electron chi connectivity index (χ1n) is 5.60. The van der Waals surface area contributed by atoms with Crippen LogP contribution in [0.3, 0.4) is 0 Å². The third-order valence-electron chi connectivity index (χ3n) is 2.53. The summed E-state index contributed by atoms with van der Waals surface area (Å²) in [5.41, 5.74) is 1.63. The molecule has 0 radical (unpaired) electrons. The molecule has 0 bridgehead atoms. The van der Waals surface area contributed by atoms with Crippen molar-refractivity contribution in [3.05, 3.63) is 61.8 Å². The van der Waals surface area contributed by atoms with Crippen molar-refractivity contribution in [3.8, 4) is 6.07 Å². The summed E-state index contributed by atoms with van der Waals surface area (Å²) in [6.07, 6.45) is 0. The fourth-order valence-corrected chi connectivity index (χ4v) is 2.42. The molecule has 1 heterocycles. The Hall–Kier alpha value is -2.23. The molecule has 0 saturated heterocycles. The van der Waals surface area contributed by atoms with Crippen LogP contribution in [0, 0.1) is 21.4 Å². The van der Waals surface area contributed by atoms with E-state index in [4.69, 9.17) is 5.26 Å². The summed E-state index contributed by atoms with van der Waals surface area (Å²) < 4.78 is 0. The van der Waals surface area contributed by atoms with E-state index in [0.29, 0.717) is 18.7 Å². The summed E-state index contributed by atoms with van der Waals surface area (Å²) in [5, 5.41) is 24.4. The van der Waals surface area contributed by atoms with Crippen LogP contribution >= 0.6 is 11.3 Å². The lowest BCUT2D eigenvalue weighted by molar-refractivity contribution is -0.384. The number of thiophene rings is 1. The molecule has 0 atom stereocenters. The largest absolute Gasteiger partial charge is 0.308 e. The monoisotopic (exact) mass is 273 g/mol. The second-order valence-electron chi connectivity index (χ2n) is 3.94. The number of nitro benzene ring substituents is 1. The SMILES string of the molecule is N#Cc1csc(CNCc2cccc([N+](=O)[O-])c2)c1. The first-order valence-corrected chi connectivity index (χ1v) is 6.48. The Labute approximate surface area is 114 Å². The number of hydrogen-bond donors (Lipinski definition) is 1. The molecule has 2 aromatic rings. The van der Waals surface area contributed by atoms with Crippen molar-refractivity contribution >= 4 is 17.0 Å². The lowest BCUT2D eigenvalue weighted by atomic mass is 10.2. The maximum Gasteiger partial charge on any atom is 0.269 e. The van der Waals surface area contributed by atoms with E-state index in [9.17, 15) is 10.1 Å². The summed E-state index contributed by atoms with van der Waals surface area (Å²) in [6.45, 7) is 1.20. The number of rotatable bonds is 5. The molecule has 0 spiro atoms. The molecule has 0 aliphatic heterocycles. The highest BCUT2D eigenvalue weighted by atomic mass is 32.1. The van der Waals surface area contributed by atoms with Gasteiger partial charge in [0.1, 0.15) is 6.07 Å². The number of nitro groups is 1. The molecule has 0 fully saturated rings. The molecular formula is C13H11N3O2S. The van der Waals surface area contributed by atoms with Crippen LogP contribution in [0.2, 0.25) is 0 Å². The van der Waals surface area contributed by atoms with Crippen LogP contribution in [0.1, 0.15) is 16.0 Å². The molecule has 19 heavy (non-hydrogen) atoms. The van der Waals surface area contributed by atoms with Crippen molar-refractivity contribution in [1.82, 2.24) is 5.32 Å². The zero-order valence-electron chi connectivity index (χ0n) is 10.00. The predicted molar refractivity (Wildman–Crippen MR) is 72.7 cm³/mol. The maximum absolute atomic E-state index is 10.6. The normalized spacial score (nSPS) is 10.1. The first-order chi connectivity index (χ1) is 9.19. The minimum atomic E-state index is -0.401. The van der Waals surface area contributed by atoms with E-state index < -0.39 is 4.92 Å². The molecule has 1 aromatic carbocycles. The number of nitriles is 1. The zero-order valence-corrected chi connectivity index (χ0v) is 10.8. The van der Waals surface area contributed by atoms with Crippen LogP contribution in [0.25, 0.3) is 0 Å². The Morgan fingerprint density at radius 2 is 2.21 bits per heavy atom. The van der Waals surface area contributed by atoms with Gasteiger partial charge in [-0.1, -0.05) is 12.1 Å². The molecule has 2 rings (SSSR count). The van der Waals surface area contributed by atoms with Gasteiger partial charge in [0.2, 0.25) is 0 Å². The second kappa shape index (κ2) is 6.09. The molecule has 1 N–H and O–H groups in total. The molecule has 0 saturated carbocycles. The standard InChI is InChI=1S/C13H11N3O2S/c14-6-11-5-13(19-9-11)8-15-7-10-2-1-3-12(4-10)16(17)18/h1-5,9,15H,7-8H2. The third-order valence-corrected chi connectivity index (χ3v) is 3.47. The van der Waals surface area contributed by atoms with Gasteiger partial charge in [0.15, 0.2) is 0 Å². The molecule has 5 nitrogen and oxygen atoms in total. The topological polar surface area (TPSA) is 79.0 Å². The van der Waals surface area contributed by atoms with Gasteiger partial charge in [-0.05, 0) is 11.6 Å². The molecule has 96 valence electrons. The van der Waals surface area contributed by atoms with E-state index in [1.54, 1.807) is 12.1 Å². The van der Waals surface area contributed by atoms with Gasteiger partial charge in [-0.3, -0.25) is 10.1 Å². The Bertz CT molecular complexity index is 631. The van der Waals surface area contributed by atoms with Crippen molar-refractivity contribution in [2.45, 2.75) is 13.1 Å². The number of benzene rings is 1. The smallest absolute Gasteiger partial charge is 0.269 e. The Kier molecular flexibility index (Phi) is 4.23. The fourth-order valence-electron chi connectivity index (χ4n) is 1.64. The molecule has 0 aliphatic rings. The minimum Gasteiger partial charge on any atom is -0.308 e. The highest BCUT2D eigenvalue weighted by Crippen LogP contribution is 2.15. The predicted octanol–water partition coefficient (Wildman–Crippen LogP) is 2.82. The van der Waals surface area contributed by atoms with Gasteiger partial charge in [-0.25, -0.2) is 0 Å². The van der Waals surface area contributed by atoms with Gasteiger partial charge >= 0.3 is 0 Å². The van der Waals surface area contributed by atoms with Gasteiger partial charge in [0.25, 0.3) is 5.69 Å². The summed E-state index contributed by atoms with van der Waals surface area (Å²) in [5.74, 6) is 0. The number of nitrogens with zero attached hydrogens (tertiary/aromatic N) is 2. The first kappa shape index (κ1) is 13.2. The number of nitrogens with one attached hydrogen (secondary N) is 1. The lowest BCUT2D eigenvalue weighted by Crippen LogP contribution is -2.11. The van der Waals surface area contributed by atoms with E-state index >= 15 is 0 Å². The van der Waals surface area contributed by atoms with Crippen molar-refractivity contribution < 1.29 is 4.92 Å². The molecule has 1 aromatic heterocycles. The average Bonchev–Trinajstić information content (AvgIpc) is 2.87. The van der Waals surface area contributed by atoms with Crippen molar-refractivity contribution in [1.29, 1.82) is 5.26 Å². The van der Waals surface area contributed by atoms with Crippen LogP contribution in [0.5, 0.6) is 0 Å². The number of hydrogen-bond acceptors (Lipinski definition) is 5. The third kappa shape index (κ3) is 3.61. The average molecular weight is 273 g/mol. The Balaban J connectivity index is 1.90. The van der Waals surface area contributed by atoms with E-state index in [1.807, 2.05) is 17.5 Å². The van der Waals surface area contributed by atoms with E-state index in [1.165, 1.54) is 17.4 Å². The molecule has 0 aliphatic carbocycles. The molecule has 0 amide bonds. The van der Waals surface area contributed by atoms with Crippen LogP contribution in [-0.4, -0.2) is 4.92 Å². The van der Waals surface area contributed by atoms with Crippen molar-refractivity contribution in [2.24, 2.45) is 0 Å². The summed E-state index contributed by atoms with van der Waals surface area (Å²) >= 11 is 1.52. The summed E-state index contributed by atoms with van der Waals surface area (Å²) in [7, 11) is 0. The van der Waals surface area contributed by atoms with Crippen LogP contribution < -0.4 is 5.32 Å². The van der Waals surface area contributed by atoms with E-state index in [0.717, 1.165) is 10.4 Å². The highest BCUT2D eigenvalue weighted by molar-refractivity contribution is 7.10. The van der Waals surface area contributed by atoms with E-state index in [2.05, 4.69) is 11.4 Å². The Morgan fingerprint density at radius 3 is 2.89 bits per heavy atom. The van der Waals surface area contributed by atoms with Gasteiger partial charge in [0, 0.05) is 35.5 Å². The molecule has 6 heteroatoms. The molecular weight excluding hydrogens is 262 g/mol. The van der Waals surface area contributed by atoms with Crippen molar-refractivity contribution in [2.75, 3.05) is 0 Å². The van der Waals surface area contributed by atoms with Crippen LogP contribution in [0.15, 0.2) is 35.7 Å². The van der Waals surface area contributed by atoms with Gasteiger partial charge in [-0.2, -0.15) is 5.26 Å². The maximum atomic E-state index is 10.6. The quantitative estimate of drug-likeness (QED) is 0.671. The summed E-state index contributed by atoms with van der Waals surface area (Å²) in [6, 6.07) is 10.5. The summed E-state index contributed by atoms with van der Waals surface area (Å²) in [4.78, 5) is 11.3. The van der Waals surface area contributed by atoms with Gasteiger partial charge in [-0.15, -0.1) is 11.3 Å². The van der Waals surface area contributed by atoms with Gasteiger partial charge in [0.05, 0.1) is 10.5 Å². The van der Waals surface area contributed by atoms with Crippen molar-refractivity contribution in [3.63, 3.8) is 0 Å².